The van der Waals surface area contributed by atoms with Crippen LogP contribution in [0.25, 0.3) is 0 Å². The zero-order valence-corrected chi connectivity index (χ0v) is 8.15. The Bertz CT molecular complexity index is 415. The van der Waals surface area contributed by atoms with Gasteiger partial charge in [0.05, 0.1) is 6.33 Å². The molecular weight excluding hydrogens is 200 g/mol. The lowest BCUT2D eigenvalue weighted by atomic mass is 10.2. The summed E-state index contributed by atoms with van der Waals surface area (Å²) in [7, 11) is 0. The summed E-state index contributed by atoms with van der Waals surface area (Å²) in [5.41, 5.74) is 4.82. The quantitative estimate of drug-likeness (QED) is 0.540. The van der Waals surface area contributed by atoms with Gasteiger partial charge in [-0.15, -0.1) is 0 Å². The van der Waals surface area contributed by atoms with Crippen LogP contribution in [0, 0.1) is 0 Å². The third-order valence-corrected chi connectivity index (χ3v) is 1.91. The number of aromatic amines is 1. The van der Waals surface area contributed by atoms with E-state index in [1.54, 1.807) is 6.92 Å². The average molecular weight is 212 g/mol. The Hall–Kier alpha value is -2.05. The molecule has 1 heterocycles. The lowest BCUT2D eigenvalue weighted by molar-refractivity contribution is -0.137. The number of hydrogen-bond acceptors (Lipinski definition) is 5. The number of aliphatic carboxylic acids is 1. The van der Waals surface area contributed by atoms with E-state index < -0.39 is 17.6 Å². The summed E-state index contributed by atoms with van der Waals surface area (Å²) in [4.78, 5) is 27.8. The summed E-state index contributed by atoms with van der Waals surface area (Å²) in [5.74, 6) is -0.924. The summed E-state index contributed by atoms with van der Waals surface area (Å²) in [6.07, 6.45) is 1.53. The minimum Gasteiger partial charge on any atom is -0.480 e. The van der Waals surface area contributed by atoms with E-state index in [4.69, 9.17) is 10.8 Å². The number of nitrogens with two attached hydrogens (primary N) is 1. The van der Waals surface area contributed by atoms with Gasteiger partial charge in [-0.05, 0) is 6.42 Å². The third-order valence-electron chi connectivity index (χ3n) is 1.91. The highest BCUT2D eigenvalue weighted by molar-refractivity contribution is 5.78. The monoisotopic (exact) mass is 212 g/mol. The summed E-state index contributed by atoms with van der Waals surface area (Å²) in [6.45, 7) is 1.70. The van der Waals surface area contributed by atoms with Crippen LogP contribution >= 0.6 is 0 Å². The van der Waals surface area contributed by atoms with E-state index in [0.717, 1.165) is 6.33 Å². The highest BCUT2D eigenvalue weighted by Crippen LogP contribution is 2.10. The predicted molar refractivity (Wildman–Crippen MR) is 54.6 cm³/mol. The molecule has 0 aromatic carbocycles. The van der Waals surface area contributed by atoms with Crippen molar-refractivity contribution in [3.05, 3.63) is 16.7 Å². The molecule has 0 fully saturated rings. The molecule has 0 aliphatic heterocycles. The van der Waals surface area contributed by atoms with Crippen molar-refractivity contribution in [2.75, 3.05) is 11.1 Å². The van der Waals surface area contributed by atoms with Crippen LogP contribution in [0.5, 0.6) is 0 Å². The molecule has 0 aliphatic rings. The van der Waals surface area contributed by atoms with Crippen molar-refractivity contribution in [1.29, 1.82) is 0 Å². The van der Waals surface area contributed by atoms with E-state index in [-0.39, 0.29) is 11.5 Å². The smallest absolute Gasteiger partial charge is 0.326 e. The Morgan fingerprint density at radius 3 is 3.00 bits per heavy atom. The molecule has 7 nitrogen and oxygen atoms in total. The van der Waals surface area contributed by atoms with Crippen LogP contribution in [-0.2, 0) is 4.79 Å². The number of rotatable bonds is 4. The van der Waals surface area contributed by atoms with Crippen molar-refractivity contribution in [2.45, 2.75) is 19.4 Å². The molecule has 7 heteroatoms. The molecule has 0 saturated heterocycles. The zero-order valence-electron chi connectivity index (χ0n) is 8.15. The minimum absolute atomic E-state index is 0.0907. The fourth-order valence-corrected chi connectivity index (χ4v) is 1.03. The number of carboxylic acids is 1. The van der Waals surface area contributed by atoms with E-state index in [0.29, 0.717) is 6.42 Å². The summed E-state index contributed by atoms with van der Waals surface area (Å²) < 4.78 is 0. The van der Waals surface area contributed by atoms with Gasteiger partial charge in [-0.3, -0.25) is 4.79 Å². The number of nitrogen functional groups attached to an aromatic ring is 1. The molecule has 1 aromatic heterocycles. The Morgan fingerprint density at radius 1 is 1.80 bits per heavy atom. The minimum atomic E-state index is -1.01. The fourth-order valence-electron chi connectivity index (χ4n) is 1.03. The highest BCUT2D eigenvalue weighted by atomic mass is 16.4. The number of hydrogen-bond donors (Lipinski definition) is 4. The van der Waals surface area contributed by atoms with E-state index >= 15 is 0 Å². The third kappa shape index (κ3) is 2.46. The Labute approximate surface area is 85.3 Å². The van der Waals surface area contributed by atoms with Crippen molar-refractivity contribution in [3.63, 3.8) is 0 Å². The summed E-state index contributed by atoms with van der Waals surface area (Å²) >= 11 is 0. The van der Waals surface area contributed by atoms with Gasteiger partial charge < -0.3 is 21.1 Å². The number of anilines is 2. The maximum atomic E-state index is 11.1. The summed E-state index contributed by atoms with van der Waals surface area (Å²) in [5, 5.41) is 11.4. The van der Waals surface area contributed by atoms with Gasteiger partial charge in [-0.1, -0.05) is 6.92 Å². The van der Waals surface area contributed by atoms with Gasteiger partial charge in [0.1, 0.15) is 11.7 Å². The normalized spacial score (nSPS) is 12.1. The average Bonchev–Trinajstić information content (AvgIpc) is 2.19. The Morgan fingerprint density at radius 2 is 2.47 bits per heavy atom. The summed E-state index contributed by atoms with van der Waals surface area (Å²) in [6, 6.07) is -0.804. The van der Waals surface area contributed by atoms with Crippen LogP contribution in [0.4, 0.5) is 11.5 Å². The molecule has 0 bridgehead atoms. The predicted octanol–water partition coefficient (Wildman–Crippen LogP) is -0.373. The van der Waals surface area contributed by atoms with Gasteiger partial charge in [-0.25, -0.2) is 9.78 Å². The van der Waals surface area contributed by atoms with Crippen molar-refractivity contribution in [2.24, 2.45) is 0 Å². The molecule has 1 unspecified atom stereocenters. The first-order chi connectivity index (χ1) is 7.06. The lowest BCUT2D eigenvalue weighted by Gasteiger charge is -2.13. The molecule has 0 spiro atoms. The second kappa shape index (κ2) is 4.45. The van der Waals surface area contributed by atoms with Crippen molar-refractivity contribution in [3.8, 4) is 0 Å². The van der Waals surface area contributed by atoms with E-state index in [2.05, 4.69) is 15.3 Å². The molecular formula is C8H12N4O3. The van der Waals surface area contributed by atoms with Crippen molar-refractivity contribution < 1.29 is 9.90 Å². The number of nitrogens with zero attached hydrogens (tertiary/aromatic N) is 1. The first-order valence-corrected chi connectivity index (χ1v) is 4.38. The van der Waals surface area contributed by atoms with Crippen LogP contribution < -0.4 is 16.6 Å². The molecule has 5 N–H and O–H groups in total. The van der Waals surface area contributed by atoms with Gasteiger partial charge >= 0.3 is 5.97 Å². The number of carboxylic acid groups (broad SMARTS) is 1. The van der Waals surface area contributed by atoms with Gasteiger partial charge in [0.25, 0.3) is 5.56 Å². The van der Waals surface area contributed by atoms with E-state index in [1.807, 2.05) is 0 Å². The zero-order chi connectivity index (χ0) is 11.4. The topological polar surface area (TPSA) is 121 Å². The van der Waals surface area contributed by atoms with E-state index in [1.165, 1.54) is 0 Å². The molecule has 1 atom stereocenters. The first kappa shape index (κ1) is 11.0. The first-order valence-electron chi connectivity index (χ1n) is 4.38. The molecule has 1 aromatic rings. The van der Waals surface area contributed by atoms with Crippen LogP contribution in [0.2, 0.25) is 0 Å². The van der Waals surface area contributed by atoms with Gasteiger partial charge in [0.2, 0.25) is 0 Å². The molecule has 82 valence electrons. The van der Waals surface area contributed by atoms with E-state index in [9.17, 15) is 9.59 Å². The number of nitrogens with one attached hydrogen (secondary N) is 2. The maximum absolute atomic E-state index is 11.1. The second-order valence-corrected chi connectivity index (χ2v) is 2.94. The van der Waals surface area contributed by atoms with Gasteiger partial charge in [0.15, 0.2) is 5.82 Å². The molecule has 1 rings (SSSR count). The molecule has 15 heavy (non-hydrogen) atoms. The van der Waals surface area contributed by atoms with Crippen LogP contribution in [0.3, 0.4) is 0 Å². The van der Waals surface area contributed by atoms with Crippen molar-refractivity contribution >= 4 is 17.5 Å². The molecule has 0 amide bonds. The Kier molecular flexibility index (Phi) is 3.27. The molecule has 0 saturated carbocycles. The molecule has 0 radical (unpaired) electrons. The largest absolute Gasteiger partial charge is 0.480 e. The number of H-pyrrole nitrogens is 1. The standard InChI is InChI=1S/C8H12N4O3/c1-2-4(8(14)15)12-6-5(9)7(13)11-3-10-6/h3-4H,2,9H2,1H3,(H,14,15)(H2,10,11,12,13). The van der Waals surface area contributed by atoms with Crippen LogP contribution in [0.15, 0.2) is 11.1 Å². The second-order valence-electron chi connectivity index (χ2n) is 2.94. The molecule has 0 aliphatic carbocycles. The SMILES string of the molecule is CCC(Nc1nc[nH]c(=O)c1N)C(=O)O. The Balaban J connectivity index is 2.93. The number of aromatic nitrogens is 2. The van der Waals surface area contributed by atoms with Crippen molar-refractivity contribution in [1.82, 2.24) is 9.97 Å². The lowest BCUT2D eigenvalue weighted by Crippen LogP contribution is -2.30. The van der Waals surface area contributed by atoms with Gasteiger partial charge in [0, 0.05) is 0 Å². The van der Waals surface area contributed by atoms with Gasteiger partial charge in [-0.2, -0.15) is 0 Å². The van der Waals surface area contributed by atoms with Crippen LogP contribution in [-0.4, -0.2) is 27.1 Å². The highest BCUT2D eigenvalue weighted by Gasteiger charge is 2.16. The maximum Gasteiger partial charge on any atom is 0.326 e. The fraction of sp³-hybridized carbons (Fsp3) is 0.375. The number of carbonyl (C=O) groups is 1. The van der Waals surface area contributed by atoms with Crippen LogP contribution in [0.1, 0.15) is 13.3 Å².